The van der Waals surface area contributed by atoms with Crippen molar-refractivity contribution in [3.63, 3.8) is 0 Å². The first kappa shape index (κ1) is 16.0. The van der Waals surface area contributed by atoms with Crippen LogP contribution >= 0.6 is 0 Å². The summed E-state index contributed by atoms with van der Waals surface area (Å²) >= 11 is 0. The number of benzene rings is 2. The molecular weight excluding hydrogens is 278 g/mol. The van der Waals surface area contributed by atoms with E-state index in [0.29, 0.717) is 25.2 Å². The van der Waals surface area contributed by atoms with Gasteiger partial charge in [-0.2, -0.15) is 0 Å². The molecule has 0 amide bonds. The monoisotopic (exact) mass is 299 g/mol. The van der Waals surface area contributed by atoms with Crippen LogP contribution < -0.4 is 0 Å². The number of oxime groups is 1. The van der Waals surface area contributed by atoms with Crippen LogP contribution in [0.2, 0.25) is 0 Å². The molecule has 22 heavy (non-hydrogen) atoms. The van der Waals surface area contributed by atoms with Gasteiger partial charge in [0.1, 0.15) is 0 Å². The quantitative estimate of drug-likeness (QED) is 0.275. The summed E-state index contributed by atoms with van der Waals surface area (Å²) in [5.41, 5.74) is 1.56. The van der Waals surface area contributed by atoms with E-state index in [1.165, 1.54) is 0 Å². The van der Waals surface area contributed by atoms with E-state index < -0.39 is 0 Å². The van der Waals surface area contributed by atoms with Crippen LogP contribution in [-0.4, -0.2) is 23.5 Å². The number of ether oxygens (including phenoxy) is 1. The lowest BCUT2D eigenvalue weighted by atomic mass is 10.0. The van der Waals surface area contributed by atoms with Crippen molar-refractivity contribution in [1.29, 1.82) is 0 Å². The molecule has 4 nitrogen and oxygen atoms in total. The highest BCUT2D eigenvalue weighted by atomic mass is 16.5. The van der Waals surface area contributed by atoms with Gasteiger partial charge in [0.05, 0.1) is 12.3 Å². The van der Waals surface area contributed by atoms with Crippen molar-refractivity contribution in [3.05, 3.63) is 48.0 Å². The van der Waals surface area contributed by atoms with Gasteiger partial charge in [0.2, 0.25) is 0 Å². The molecule has 0 aromatic heterocycles. The first-order valence-electron chi connectivity index (χ1n) is 7.60. The highest BCUT2D eigenvalue weighted by Gasteiger charge is 2.07. The zero-order valence-corrected chi connectivity index (χ0v) is 12.8. The SMILES string of the molecule is CCOC(=O)CCCC/C(=N/O)c1ccc2ccccc2c1. The van der Waals surface area contributed by atoms with E-state index in [1.54, 1.807) is 6.92 Å². The van der Waals surface area contributed by atoms with Crippen LogP contribution in [0, 0.1) is 0 Å². The topological polar surface area (TPSA) is 58.9 Å². The van der Waals surface area contributed by atoms with Crippen molar-refractivity contribution in [1.82, 2.24) is 0 Å². The minimum absolute atomic E-state index is 0.171. The Kier molecular flexibility index (Phi) is 5.95. The third kappa shape index (κ3) is 4.32. The van der Waals surface area contributed by atoms with Crippen molar-refractivity contribution >= 4 is 22.5 Å². The summed E-state index contributed by atoms with van der Waals surface area (Å²) in [5, 5.41) is 14.9. The summed E-state index contributed by atoms with van der Waals surface area (Å²) in [4.78, 5) is 11.3. The minimum Gasteiger partial charge on any atom is -0.466 e. The first-order chi connectivity index (χ1) is 10.7. The second-order valence-electron chi connectivity index (χ2n) is 5.12. The summed E-state index contributed by atoms with van der Waals surface area (Å²) in [7, 11) is 0. The van der Waals surface area contributed by atoms with Gasteiger partial charge in [0, 0.05) is 6.42 Å². The van der Waals surface area contributed by atoms with Gasteiger partial charge in [-0.1, -0.05) is 41.6 Å². The third-order valence-corrected chi connectivity index (χ3v) is 3.55. The number of carbonyl (C=O) groups is 1. The second-order valence-corrected chi connectivity index (χ2v) is 5.12. The van der Waals surface area contributed by atoms with Gasteiger partial charge in [-0.25, -0.2) is 0 Å². The normalized spacial score (nSPS) is 11.6. The van der Waals surface area contributed by atoms with Gasteiger partial charge in [-0.15, -0.1) is 0 Å². The van der Waals surface area contributed by atoms with Crippen LogP contribution in [0.25, 0.3) is 10.8 Å². The highest BCUT2D eigenvalue weighted by Crippen LogP contribution is 2.18. The molecule has 0 aliphatic rings. The average Bonchev–Trinajstić information content (AvgIpc) is 2.55. The van der Waals surface area contributed by atoms with Crippen LogP contribution in [0.1, 0.15) is 38.2 Å². The summed E-state index contributed by atoms with van der Waals surface area (Å²) in [6, 6.07) is 14.1. The van der Waals surface area contributed by atoms with Crippen LogP contribution in [0.5, 0.6) is 0 Å². The van der Waals surface area contributed by atoms with Crippen molar-refractivity contribution < 1.29 is 14.7 Å². The molecule has 0 aliphatic carbocycles. The number of fused-ring (bicyclic) bond motifs is 1. The Labute approximate surface area is 130 Å². The number of rotatable bonds is 7. The van der Waals surface area contributed by atoms with E-state index in [0.717, 1.165) is 29.2 Å². The third-order valence-electron chi connectivity index (χ3n) is 3.55. The van der Waals surface area contributed by atoms with E-state index in [1.807, 2.05) is 42.5 Å². The van der Waals surface area contributed by atoms with Gasteiger partial charge in [0.25, 0.3) is 0 Å². The molecule has 116 valence electrons. The number of hydrogen-bond acceptors (Lipinski definition) is 4. The van der Waals surface area contributed by atoms with Crippen LogP contribution in [0.15, 0.2) is 47.6 Å². The molecule has 0 atom stereocenters. The maximum Gasteiger partial charge on any atom is 0.305 e. The fraction of sp³-hybridized carbons (Fsp3) is 0.333. The molecular formula is C18H21NO3. The molecule has 0 heterocycles. The summed E-state index contributed by atoms with van der Waals surface area (Å²) < 4.78 is 4.89. The molecule has 0 unspecified atom stereocenters. The molecule has 0 bridgehead atoms. The van der Waals surface area contributed by atoms with E-state index in [-0.39, 0.29) is 5.97 Å². The number of nitrogens with zero attached hydrogens (tertiary/aromatic N) is 1. The molecule has 0 radical (unpaired) electrons. The van der Waals surface area contributed by atoms with E-state index in [9.17, 15) is 10.0 Å². The van der Waals surface area contributed by atoms with Crippen molar-refractivity contribution in [2.45, 2.75) is 32.6 Å². The predicted molar refractivity (Wildman–Crippen MR) is 87.4 cm³/mol. The largest absolute Gasteiger partial charge is 0.466 e. The van der Waals surface area contributed by atoms with E-state index >= 15 is 0 Å². The van der Waals surface area contributed by atoms with Gasteiger partial charge >= 0.3 is 5.97 Å². The lowest BCUT2D eigenvalue weighted by molar-refractivity contribution is -0.143. The lowest BCUT2D eigenvalue weighted by Gasteiger charge is -2.06. The number of unbranched alkanes of at least 4 members (excludes halogenated alkanes) is 1. The molecule has 1 N–H and O–H groups in total. The molecule has 0 spiro atoms. The Morgan fingerprint density at radius 1 is 1.09 bits per heavy atom. The van der Waals surface area contributed by atoms with Gasteiger partial charge in [-0.05, 0) is 48.6 Å². The van der Waals surface area contributed by atoms with Gasteiger partial charge in [-0.3, -0.25) is 4.79 Å². The molecule has 2 rings (SSSR count). The van der Waals surface area contributed by atoms with Crippen LogP contribution in [0.4, 0.5) is 0 Å². The zero-order valence-electron chi connectivity index (χ0n) is 12.8. The number of carbonyl (C=O) groups excluding carboxylic acids is 1. The molecule has 2 aromatic rings. The Hall–Kier alpha value is -2.36. The van der Waals surface area contributed by atoms with Crippen molar-refractivity contribution in [3.8, 4) is 0 Å². The van der Waals surface area contributed by atoms with Gasteiger partial charge < -0.3 is 9.94 Å². The van der Waals surface area contributed by atoms with Gasteiger partial charge in [0.15, 0.2) is 0 Å². The maximum absolute atomic E-state index is 11.3. The standard InChI is InChI=1S/C18H21NO3/c1-2-22-18(20)10-6-5-9-17(19-21)16-12-11-14-7-3-4-8-15(14)13-16/h3-4,7-8,11-13,21H,2,5-6,9-10H2,1H3/b19-17-. The fourth-order valence-corrected chi connectivity index (χ4v) is 2.42. The lowest BCUT2D eigenvalue weighted by Crippen LogP contribution is -2.05. The molecule has 2 aromatic carbocycles. The van der Waals surface area contributed by atoms with E-state index in [2.05, 4.69) is 5.16 Å². The Morgan fingerprint density at radius 2 is 1.82 bits per heavy atom. The smallest absolute Gasteiger partial charge is 0.305 e. The molecule has 4 heteroatoms. The van der Waals surface area contributed by atoms with Crippen molar-refractivity contribution in [2.24, 2.45) is 5.16 Å². The van der Waals surface area contributed by atoms with Crippen molar-refractivity contribution in [2.75, 3.05) is 6.61 Å². The van der Waals surface area contributed by atoms with E-state index in [4.69, 9.17) is 4.74 Å². The molecule has 0 saturated heterocycles. The Balaban J connectivity index is 1.94. The van der Waals surface area contributed by atoms with Crippen LogP contribution in [0.3, 0.4) is 0 Å². The summed E-state index contributed by atoms with van der Waals surface area (Å²) in [6.45, 7) is 2.22. The zero-order chi connectivity index (χ0) is 15.8. The molecule has 0 fully saturated rings. The number of hydrogen-bond donors (Lipinski definition) is 1. The predicted octanol–water partition coefficient (Wildman–Crippen LogP) is 4.14. The second kappa shape index (κ2) is 8.17. The minimum atomic E-state index is -0.171. The fourth-order valence-electron chi connectivity index (χ4n) is 2.42. The molecule has 0 saturated carbocycles. The summed E-state index contributed by atoms with van der Waals surface area (Å²) in [6.07, 6.45) is 2.55. The molecule has 0 aliphatic heterocycles. The Morgan fingerprint density at radius 3 is 2.55 bits per heavy atom. The first-order valence-corrected chi connectivity index (χ1v) is 7.60. The van der Waals surface area contributed by atoms with Crippen LogP contribution in [-0.2, 0) is 9.53 Å². The Bertz CT molecular complexity index is 664. The average molecular weight is 299 g/mol. The summed E-state index contributed by atoms with van der Waals surface area (Å²) in [5.74, 6) is -0.171. The maximum atomic E-state index is 11.3. The highest BCUT2D eigenvalue weighted by molar-refractivity contribution is 6.03. The number of esters is 1.